The zero-order chi connectivity index (χ0) is 10.8. The maximum atomic E-state index is 6.16. The molecule has 0 amide bonds. The van der Waals surface area contributed by atoms with Gasteiger partial charge in [-0.15, -0.1) is 0 Å². The largest absolute Gasteiger partial charge is 0.326 e. The second kappa shape index (κ2) is 4.81. The summed E-state index contributed by atoms with van der Waals surface area (Å²) in [5.74, 6) is 0. The van der Waals surface area contributed by atoms with Gasteiger partial charge in [0.2, 0.25) is 0 Å². The predicted octanol–water partition coefficient (Wildman–Crippen LogP) is 0.892. The van der Waals surface area contributed by atoms with Gasteiger partial charge in [-0.2, -0.15) is 0 Å². The predicted molar refractivity (Wildman–Crippen MR) is 63.9 cm³/mol. The first-order chi connectivity index (χ1) is 7.18. The van der Waals surface area contributed by atoms with Crippen LogP contribution in [0.4, 0.5) is 0 Å². The Bertz CT molecular complexity index is 199. The molecule has 2 N–H and O–H groups in total. The van der Waals surface area contributed by atoms with E-state index in [0.29, 0.717) is 12.1 Å². The SMILES string of the molecule is CN1CCC(N(C)C2CCCC2N)CC1. The van der Waals surface area contributed by atoms with E-state index in [1.165, 1.54) is 45.2 Å². The Labute approximate surface area is 93.6 Å². The molecule has 2 fully saturated rings. The fourth-order valence-corrected chi connectivity index (χ4v) is 3.15. The molecule has 2 atom stereocenters. The van der Waals surface area contributed by atoms with Crippen LogP contribution in [0, 0.1) is 0 Å². The van der Waals surface area contributed by atoms with E-state index in [0.717, 1.165) is 6.04 Å². The van der Waals surface area contributed by atoms with E-state index in [1.807, 2.05) is 0 Å². The lowest BCUT2D eigenvalue weighted by Gasteiger charge is -2.39. The van der Waals surface area contributed by atoms with Crippen molar-refractivity contribution in [1.82, 2.24) is 9.80 Å². The van der Waals surface area contributed by atoms with Gasteiger partial charge in [0.25, 0.3) is 0 Å². The molecule has 1 aliphatic carbocycles. The molecule has 0 bridgehead atoms. The second-order valence-corrected chi connectivity index (χ2v) is 5.36. The third-order valence-corrected chi connectivity index (χ3v) is 4.32. The Balaban J connectivity index is 1.87. The zero-order valence-electron chi connectivity index (χ0n) is 10.2. The highest BCUT2D eigenvalue weighted by Crippen LogP contribution is 2.26. The molecule has 1 heterocycles. The normalized spacial score (nSPS) is 35.2. The lowest BCUT2D eigenvalue weighted by molar-refractivity contribution is 0.102. The topological polar surface area (TPSA) is 32.5 Å². The number of piperidine rings is 1. The first-order valence-corrected chi connectivity index (χ1v) is 6.34. The van der Waals surface area contributed by atoms with E-state index in [1.54, 1.807) is 0 Å². The molecule has 0 spiro atoms. The third-order valence-electron chi connectivity index (χ3n) is 4.32. The summed E-state index contributed by atoms with van der Waals surface area (Å²) in [6.45, 7) is 2.49. The average Bonchev–Trinajstić information content (AvgIpc) is 2.65. The van der Waals surface area contributed by atoms with Crippen LogP contribution >= 0.6 is 0 Å². The van der Waals surface area contributed by atoms with Crippen molar-refractivity contribution in [2.75, 3.05) is 27.2 Å². The van der Waals surface area contributed by atoms with Gasteiger partial charge >= 0.3 is 0 Å². The van der Waals surface area contributed by atoms with Crippen LogP contribution in [0.2, 0.25) is 0 Å². The number of hydrogen-bond acceptors (Lipinski definition) is 3. The lowest BCUT2D eigenvalue weighted by atomic mass is 10.0. The Kier molecular flexibility index (Phi) is 3.65. The Hall–Kier alpha value is -0.120. The van der Waals surface area contributed by atoms with Crippen LogP contribution in [0.3, 0.4) is 0 Å². The highest BCUT2D eigenvalue weighted by Gasteiger charge is 2.32. The number of likely N-dealkylation sites (N-methyl/N-ethyl adjacent to an activating group) is 1. The van der Waals surface area contributed by atoms with Gasteiger partial charge in [0, 0.05) is 18.1 Å². The summed E-state index contributed by atoms with van der Waals surface area (Å²) in [4.78, 5) is 5.00. The molecule has 1 aliphatic heterocycles. The second-order valence-electron chi connectivity index (χ2n) is 5.36. The molecule has 2 rings (SSSR count). The van der Waals surface area contributed by atoms with Crippen LogP contribution in [-0.4, -0.2) is 55.1 Å². The molecular formula is C12H25N3. The van der Waals surface area contributed by atoms with E-state index < -0.39 is 0 Å². The first-order valence-electron chi connectivity index (χ1n) is 6.34. The van der Waals surface area contributed by atoms with Crippen molar-refractivity contribution in [3.63, 3.8) is 0 Å². The first kappa shape index (κ1) is 11.4. The number of nitrogens with two attached hydrogens (primary N) is 1. The molecule has 0 aromatic rings. The van der Waals surface area contributed by atoms with Gasteiger partial charge in [0.15, 0.2) is 0 Å². The summed E-state index contributed by atoms with van der Waals surface area (Å²) < 4.78 is 0. The highest BCUT2D eigenvalue weighted by atomic mass is 15.2. The molecule has 1 saturated carbocycles. The van der Waals surface area contributed by atoms with Crippen LogP contribution in [0.1, 0.15) is 32.1 Å². The Morgan fingerprint density at radius 3 is 2.33 bits per heavy atom. The average molecular weight is 211 g/mol. The standard InChI is InChI=1S/C12H25N3/c1-14-8-6-10(7-9-14)15(2)12-5-3-4-11(12)13/h10-12H,3-9,13H2,1-2H3. The van der Waals surface area contributed by atoms with Crippen LogP contribution in [0.25, 0.3) is 0 Å². The van der Waals surface area contributed by atoms with E-state index in [9.17, 15) is 0 Å². The fraction of sp³-hybridized carbons (Fsp3) is 1.00. The molecule has 3 heteroatoms. The number of hydrogen-bond donors (Lipinski definition) is 1. The summed E-state index contributed by atoms with van der Waals surface area (Å²) in [7, 11) is 4.50. The van der Waals surface area contributed by atoms with E-state index >= 15 is 0 Å². The zero-order valence-corrected chi connectivity index (χ0v) is 10.2. The van der Waals surface area contributed by atoms with Crippen molar-refractivity contribution in [2.45, 2.75) is 50.2 Å². The summed E-state index contributed by atoms with van der Waals surface area (Å²) in [5.41, 5.74) is 6.16. The summed E-state index contributed by atoms with van der Waals surface area (Å²) in [6.07, 6.45) is 6.49. The minimum absolute atomic E-state index is 0.426. The van der Waals surface area contributed by atoms with E-state index in [-0.39, 0.29) is 0 Å². The minimum atomic E-state index is 0.426. The van der Waals surface area contributed by atoms with Gasteiger partial charge in [0.1, 0.15) is 0 Å². The molecule has 0 aromatic carbocycles. The van der Waals surface area contributed by atoms with Gasteiger partial charge in [-0.25, -0.2) is 0 Å². The Morgan fingerprint density at radius 2 is 1.80 bits per heavy atom. The molecule has 2 aliphatic rings. The van der Waals surface area contributed by atoms with Crippen molar-refractivity contribution in [3.05, 3.63) is 0 Å². The molecule has 0 radical (unpaired) electrons. The van der Waals surface area contributed by atoms with Gasteiger partial charge in [0.05, 0.1) is 0 Å². The van der Waals surface area contributed by atoms with Crippen LogP contribution < -0.4 is 5.73 Å². The molecule has 1 saturated heterocycles. The quantitative estimate of drug-likeness (QED) is 0.736. The van der Waals surface area contributed by atoms with Crippen LogP contribution in [0.15, 0.2) is 0 Å². The van der Waals surface area contributed by atoms with Gasteiger partial charge in [-0.05, 0) is 52.9 Å². The monoisotopic (exact) mass is 211 g/mol. The molecule has 0 aromatic heterocycles. The molecular weight excluding hydrogens is 186 g/mol. The minimum Gasteiger partial charge on any atom is -0.326 e. The van der Waals surface area contributed by atoms with Gasteiger partial charge < -0.3 is 10.6 Å². The van der Waals surface area contributed by atoms with Crippen molar-refractivity contribution < 1.29 is 0 Å². The van der Waals surface area contributed by atoms with Crippen molar-refractivity contribution in [1.29, 1.82) is 0 Å². The van der Waals surface area contributed by atoms with Crippen LogP contribution in [0.5, 0.6) is 0 Å². The molecule has 3 nitrogen and oxygen atoms in total. The molecule has 88 valence electrons. The van der Waals surface area contributed by atoms with E-state index in [4.69, 9.17) is 5.73 Å². The lowest BCUT2D eigenvalue weighted by Crippen LogP contribution is -2.50. The van der Waals surface area contributed by atoms with E-state index in [2.05, 4.69) is 23.9 Å². The van der Waals surface area contributed by atoms with Crippen molar-refractivity contribution >= 4 is 0 Å². The van der Waals surface area contributed by atoms with Crippen LogP contribution in [-0.2, 0) is 0 Å². The van der Waals surface area contributed by atoms with Gasteiger partial charge in [-0.1, -0.05) is 6.42 Å². The molecule has 2 unspecified atom stereocenters. The summed E-state index contributed by atoms with van der Waals surface area (Å²) in [6, 6.07) is 1.85. The number of nitrogens with zero attached hydrogens (tertiary/aromatic N) is 2. The van der Waals surface area contributed by atoms with Gasteiger partial charge in [-0.3, -0.25) is 4.90 Å². The highest BCUT2D eigenvalue weighted by molar-refractivity contribution is 4.90. The van der Waals surface area contributed by atoms with Crippen molar-refractivity contribution in [2.24, 2.45) is 5.73 Å². The maximum absolute atomic E-state index is 6.16. The summed E-state index contributed by atoms with van der Waals surface area (Å²) >= 11 is 0. The smallest absolute Gasteiger partial charge is 0.0247 e. The molecule has 15 heavy (non-hydrogen) atoms. The summed E-state index contributed by atoms with van der Waals surface area (Å²) in [5, 5.41) is 0. The fourth-order valence-electron chi connectivity index (χ4n) is 3.15. The third kappa shape index (κ3) is 2.52. The maximum Gasteiger partial charge on any atom is 0.0247 e. The van der Waals surface area contributed by atoms with Crippen molar-refractivity contribution in [3.8, 4) is 0 Å². The number of likely N-dealkylation sites (tertiary alicyclic amines) is 1. The Morgan fingerprint density at radius 1 is 1.13 bits per heavy atom. The number of rotatable bonds is 2.